The molecule has 1 aromatic rings. The Kier molecular flexibility index (Phi) is 4.28. The standard InChI is InChI=1S/C14H19BrFNO/c1-3-14(2)9-11(6-7-18-14)17-13-5-4-10(15)8-12(13)16/h4-5,8,11,17H,3,6-7,9H2,1-2H3. The smallest absolute Gasteiger partial charge is 0.147 e. The SMILES string of the molecule is CCC1(C)CC(Nc2ccc(Br)cc2F)CCO1. The van der Waals surface area contributed by atoms with Crippen molar-refractivity contribution in [3.8, 4) is 0 Å². The number of ether oxygens (including phenoxy) is 1. The Morgan fingerprint density at radius 1 is 1.56 bits per heavy atom. The van der Waals surface area contributed by atoms with E-state index >= 15 is 0 Å². The fraction of sp³-hybridized carbons (Fsp3) is 0.571. The Bertz CT molecular complexity index is 426. The summed E-state index contributed by atoms with van der Waals surface area (Å²) in [5.74, 6) is -0.214. The molecule has 0 amide bonds. The van der Waals surface area contributed by atoms with Gasteiger partial charge >= 0.3 is 0 Å². The highest BCUT2D eigenvalue weighted by Gasteiger charge is 2.31. The highest BCUT2D eigenvalue weighted by atomic mass is 79.9. The van der Waals surface area contributed by atoms with Crippen LogP contribution in [0.5, 0.6) is 0 Å². The molecule has 4 heteroatoms. The second-order valence-electron chi connectivity index (χ2n) is 5.11. The zero-order valence-electron chi connectivity index (χ0n) is 10.8. The topological polar surface area (TPSA) is 21.3 Å². The Morgan fingerprint density at radius 2 is 2.33 bits per heavy atom. The van der Waals surface area contributed by atoms with Crippen LogP contribution in [-0.4, -0.2) is 18.2 Å². The molecule has 0 bridgehead atoms. The van der Waals surface area contributed by atoms with Crippen molar-refractivity contribution in [1.82, 2.24) is 0 Å². The van der Waals surface area contributed by atoms with Gasteiger partial charge in [-0.25, -0.2) is 4.39 Å². The number of hydrogen-bond donors (Lipinski definition) is 1. The fourth-order valence-electron chi connectivity index (χ4n) is 2.33. The fourth-order valence-corrected chi connectivity index (χ4v) is 2.66. The van der Waals surface area contributed by atoms with Crippen LogP contribution in [0.4, 0.5) is 10.1 Å². The molecule has 2 rings (SSSR count). The van der Waals surface area contributed by atoms with E-state index < -0.39 is 0 Å². The Labute approximate surface area is 116 Å². The quantitative estimate of drug-likeness (QED) is 0.895. The molecule has 1 aliphatic rings. The third-order valence-electron chi connectivity index (χ3n) is 3.63. The van der Waals surface area contributed by atoms with Gasteiger partial charge < -0.3 is 10.1 Å². The maximum absolute atomic E-state index is 13.8. The van der Waals surface area contributed by atoms with Gasteiger partial charge in [0.2, 0.25) is 0 Å². The molecular weight excluding hydrogens is 297 g/mol. The molecule has 0 saturated carbocycles. The molecule has 0 aliphatic carbocycles. The van der Waals surface area contributed by atoms with Crippen LogP contribution in [0.25, 0.3) is 0 Å². The summed E-state index contributed by atoms with van der Waals surface area (Å²) in [7, 11) is 0. The lowest BCUT2D eigenvalue weighted by molar-refractivity contribution is -0.0709. The summed E-state index contributed by atoms with van der Waals surface area (Å²) < 4.78 is 20.3. The van der Waals surface area contributed by atoms with Crippen LogP contribution < -0.4 is 5.32 Å². The molecule has 0 aromatic heterocycles. The second kappa shape index (κ2) is 5.57. The average Bonchev–Trinajstić information content (AvgIpc) is 2.33. The van der Waals surface area contributed by atoms with E-state index in [0.29, 0.717) is 5.69 Å². The molecule has 2 unspecified atom stereocenters. The van der Waals surface area contributed by atoms with Gasteiger partial charge in [0, 0.05) is 17.1 Å². The number of benzene rings is 1. The summed E-state index contributed by atoms with van der Waals surface area (Å²) in [6.07, 6.45) is 2.82. The van der Waals surface area contributed by atoms with Crippen LogP contribution in [-0.2, 0) is 4.74 Å². The predicted octanol–water partition coefficient (Wildman–Crippen LogP) is 4.35. The van der Waals surface area contributed by atoms with Crippen LogP contribution >= 0.6 is 15.9 Å². The monoisotopic (exact) mass is 315 g/mol. The largest absolute Gasteiger partial charge is 0.380 e. The van der Waals surface area contributed by atoms with E-state index in [4.69, 9.17) is 4.74 Å². The molecule has 1 aliphatic heterocycles. The van der Waals surface area contributed by atoms with Crippen molar-refractivity contribution in [3.05, 3.63) is 28.5 Å². The summed E-state index contributed by atoms with van der Waals surface area (Å²) in [5, 5.41) is 3.29. The second-order valence-corrected chi connectivity index (χ2v) is 6.03. The first-order chi connectivity index (χ1) is 8.52. The number of anilines is 1. The van der Waals surface area contributed by atoms with Crippen molar-refractivity contribution in [2.45, 2.75) is 44.8 Å². The van der Waals surface area contributed by atoms with Gasteiger partial charge in [0.15, 0.2) is 0 Å². The molecule has 1 N–H and O–H groups in total. The molecule has 2 nitrogen and oxygen atoms in total. The normalized spacial score (nSPS) is 28.1. The summed E-state index contributed by atoms with van der Waals surface area (Å²) in [6, 6.07) is 5.39. The van der Waals surface area contributed by atoms with Crippen molar-refractivity contribution < 1.29 is 9.13 Å². The van der Waals surface area contributed by atoms with Crippen molar-refractivity contribution in [1.29, 1.82) is 0 Å². The number of nitrogens with one attached hydrogen (secondary N) is 1. The van der Waals surface area contributed by atoms with Crippen molar-refractivity contribution in [2.75, 3.05) is 11.9 Å². The maximum Gasteiger partial charge on any atom is 0.147 e. The van der Waals surface area contributed by atoms with Gasteiger partial charge in [-0.1, -0.05) is 22.9 Å². The lowest BCUT2D eigenvalue weighted by Crippen LogP contribution is -2.42. The zero-order valence-corrected chi connectivity index (χ0v) is 12.4. The van der Waals surface area contributed by atoms with Gasteiger partial charge in [0.05, 0.1) is 11.3 Å². The number of rotatable bonds is 3. The average molecular weight is 316 g/mol. The minimum Gasteiger partial charge on any atom is -0.380 e. The summed E-state index contributed by atoms with van der Waals surface area (Å²) in [4.78, 5) is 0. The van der Waals surface area contributed by atoms with Gasteiger partial charge in [-0.05, 0) is 44.4 Å². The van der Waals surface area contributed by atoms with Crippen molar-refractivity contribution in [2.24, 2.45) is 0 Å². The van der Waals surface area contributed by atoms with Crippen LogP contribution in [0.3, 0.4) is 0 Å². The Hall–Kier alpha value is -0.610. The van der Waals surface area contributed by atoms with Gasteiger partial charge in [-0.15, -0.1) is 0 Å². The first kappa shape index (κ1) is 13.8. The third kappa shape index (κ3) is 3.23. The lowest BCUT2D eigenvalue weighted by Gasteiger charge is -2.38. The summed E-state index contributed by atoms with van der Waals surface area (Å²) in [5.41, 5.74) is 0.491. The molecule has 1 aromatic carbocycles. The zero-order chi connectivity index (χ0) is 13.2. The highest BCUT2D eigenvalue weighted by Crippen LogP contribution is 2.30. The predicted molar refractivity (Wildman–Crippen MR) is 75.4 cm³/mol. The molecule has 100 valence electrons. The van der Waals surface area contributed by atoms with E-state index in [2.05, 4.69) is 35.1 Å². The third-order valence-corrected chi connectivity index (χ3v) is 4.13. The molecule has 1 heterocycles. The van der Waals surface area contributed by atoms with Gasteiger partial charge in [0.25, 0.3) is 0 Å². The van der Waals surface area contributed by atoms with Crippen LogP contribution in [0.15, 0.2) is 22.7 Å². The summed E-state index contributed by atoms with van der Waals surface area (Å²) in [6.45, 7) is 4.99. The first-order valence-corrected chi connectivity index (χ1v) is 7.17. The molecule has 1 saturated heterocycles. The lowest BCUT2D eigenvalue weighted by atomic mass is 9.90. The minimum atomic E-state index is -0.214. The van der Waals surface area contributed by atoms with Gasteiger partial charge in [-0.3, -0.25) is 0 Å². The van der Waals surface area contributed by atoms with Crippen LogP contribution in [0.2, 0.25) is 0 Å². The number of halogens is 2. The van der Waals surface area contributed by atoms with E-state index in [1.165, 1.54) is 6.07 Å². The molecule has 0 radical (unpaired) electrons. The van der Waals surface area contributed by atoms with Gasteiger partial charge in [0.1, 0.15) is 5.82 Å². The molecule has 2 atom stereocenters. The van der Waals surface area contributed by atoms with E-state index in [-0.39, 0.29) is 17.5 Å². The Balaban J connectivity index is 2.05. The van der Waals surface area contributed by atoms with Gasteiger partial charge in [-0.2, -0.15) is 0 Å². The molecule has 1 fully saturated rings. The summed E-state index contributed by atoms with van der Waals surface area (Å²) >= 11 is 3.26. The molecular formula is C14H19BrFNO. The minimum absolute atomic E-state index is 0.0816. The number of hydrogen-bond acceptors (Lipinski definition) is 2. The van der Waals surface area contributed by atoms with Crippen molar-refractivity contribution >= 4 is 21.6 Å². The molecule has 0 spiro atoms. The first-order valence-electron chi connectivity index (χ1n) is 6.38. The van der Waals surface area contributed by atoms with E-state index in [1.54, 1.807) is 6.07 Å². The Morgan fingerprint density at radius 3 is 3.00 bits per heavy atom. The highest BCUT2D eigenvalue weighted by molar-refractivity contribution is 9.10. The maximum atomic E-state index is 13.8. The van der Waals surface area contributed by atoms with E-state index in [9.17, 15) is 4.39 Å². The van der Waals surface area contributed by atoms with E-state index in [1.807, 2.05) is 6.07 Å². The van der Waals surface area contributed by atoms with Crippen molar-refractivity contribution in [3.63, 3.8) is 0 Å². The molecule has 18 heavy (non-hydrogen) atoms. The van der Waals surface area contributed by atoms with Crippen LogP contribution in [0, 0.1) is 5.82 Å². The van der Waals surface area contributed by atoms with E-state index in [0.717, 1.165) is 30.3 Å². The van der Waals surface area contributed by atoms with Crippen LogP contribution in [0.1, 0.15) is 33.1 Å².